The van der Waals surface area contributed by atoms with Gasteiger partial charge in [0, 0.05) is 36.4 Å². The molecule has 0 aliphatic carbocycles. The van der Waals surface area contributed by atoms with Gasteiger partial charge in [0.15, 0.2) is 0 Å². The van der Waals surface area contributed by atoms with E-state index in [1.54, 1.807) is 7.11 Å². The molecule has 0 unspecified atom stereocenters. The highest BCUT2D eigenvalue weighted by atomic mass is 16.5. The lowest BCUT2D eigenvalue weighted by atomic mass is 10.1. The van der Waals surface area contributed by atoms with Gasteiger partial charge in [0.05, 0.1) is 24.8 Å². The summed E-state index contributed by atoms with van der Waals surface area (Å²) in [4.78, 5) is 28.0. The smallest absolute Gasteiger partial charge is 0.227 e. The number of nitrogens with zero attached hydrogens (tertiary/aromatic N) is 4. The molecule has 1 saturated heterocycles. The van der Waals surface area contributed by atoms with Gasteiger partial charge in [0.2, 0.25) is 11.9 Å². The Labute approximate surface area is 160 Å². The molecule has 1 atom stereocenters. The molecule has 0 saturated carbocycles. The molecule has 3 heterocycles. The number of pyridine rings is 1. The Bertz CT molecular complexity index is 804. The van der Waals surface area contributed by atoms with E-state index in [1.807, 2.05) is 43.9 Å². The van der Waals surface area contributed by atoms with Crippen LogP contribution in [0.4, 0.5) is 11.6 Å². The second kappa shape index (κ2) is 8.43. The van der Waals surface area contributed by atoms with Crippen LogP contribution in [0.25, 0.3) is 0 Å². The number of nitrogens with one attached hydrogen (secondary N) is 1. The van der Waals surface area contributed by atoms with Crippen LogP contribution in [0.2, 0.25) is 0 Å². The molecule has 1 aliphatic rings. The molecule has 1 N–H and O–H groups in total. The predicted octanol–water partition coefficient (Wildman–Crippen LogP) is 3.24. The van der Waals surface area contributed by atoms with Crippen LogP contribution in [0.1, 0.15) is 48.1 Å². The van der Waals surface area contributed by atoms with Gasteiger partial charge in [0.1, 0.15) is 0 Å². The Balaban J connectivity index is 1.83. The van der Waals surface area contributed by atoms with Crippen molar-refractivity contribution in [1.82, 2.24) is 19.9 Å². The van der Waals surface area contributed by atoms with Crippen molar-refractivity contribution in [3.63, 3.8) is 0 Å². The zero-order valence-corrected chi connectivity index (χ0v) is 16.5. The molecule has 144 valence electrons. The van der Waals surface area contributed by atoms with E-state index in [0.29, 0.717) is 19.0 Å². The summed E-state index contributed by atoms with van der Waals surface area (Å²) in [7, 11) is 1.61. The molecule has 1 fully saturated rings. The summed E-state index contributed by atoms with van der Waals surface area (Å²) in [6.07, 6.45) is 2.32. The number of carbonyl (C=O) groups is 1. The van der Waals surface area contributed by atoms with Gasteiger partial charge in [-0.05, 0) is 51.8 Å². The number of likely N-dealkylation sites (tertiary alicyclic amines) is 1. The third-order valence-electron chi connectivity index (χ3n) is 4.65. The lowest BCUT2D eigenvalue weighted by Gasteiger charge is -2.25. The van der Waals surface area contributed by atoms with Crippen molar-refractivity contribution < 1.29 is 9.53 Å². The van der Waals surface area contributed by atoms with Crippen molar-refractivity contribution in [2.75, 3.05) is 25.6 Å². The second-order valence-corrected chi connectivity index (χ2v) is 7.01. The monoisotopic (exact) mass is 369 g/mol. The average molecular weight is 369 g/mol. The van der Waals surface area contributed by atoms with Gasteiger partial charge < -0.3 is 15.0 Å². The molecular weight excluding hydrogens is 342 g/mol. The van der Waals surface area contributed by atoms with Crippen LogP contribution in [0.3, 0.4) is 0 Å². The van der Waals surface area contributed by atoms with Crippen molar-refractivity contribution in [3.05, 3.63) is 41.0 Å². The minimum Gasteiger partial charge on any atom is -0.384 e. The van der Waals surface area contributed by atoms with Crippen LogP contribution in [-0.4, -0.2) is 46.0 Å². The van der Waals surface area contributed by atoms with Gasteiger partial charge >= 0.3 is 0 Å². The van der Waals surface area contributed by atoms with Crippen molar-refractivity contribution in [2.24, 2.45) is 0 Å². The first-order chi connectivity index (χ1) is 13.0. The topological polar surface area (TPSA) is 80.2 Å². The maximum atomic E-state index is 12.5. The van der Waals surface area contributed by atoms with Crippen LogP contribution in [0.15, 0.2) is 18.2 Å². The number of carbonyl (C=O) groups excluding carboxylic acids is 1. The van der Waals surface area contributed by atoms with Gasteiger partial charge in [-0.3, -0.25) is 9.78 Å². The fourth-order valence-electron chi connectivity index (χ4n) is 3.55. The third kappa shape index (κ3) is 4.80. The Morgan fingerprint density at radius 3 is 2.56 bits per heavy atom. The highest BCUT2D eigenvalue weighted by Crippen LogP contribution is 2.33. The van der Waals surface area contributed by atoms with Gasteiger partial charge in [0.25, 0.3) is 0 Å². The van der Waals surface area contributed by atoms with E-state index in [1.165, 1.54) is 0 Å². The number of rotatable bonds is 6. The first-order valence-corrected chi connectivity index (χ1v) is 9.32. The Morgan fingerprint density at radius 1 is 1.15 bits per heavy atom. The highest BCUT2D eigenvalue weighted by Gasteiger charge is 2.30. The zero-order valence-electron chi connectivity index (χ0n) is 16.5. The van der Waals surface area contributed by atoms with E-state index in [9.17, 15) is 4.79 Å². The minimum absolute atomic E-state index is 0.00923. The third-order valence-corrected chi connectivity index (χ3v) is 4.65. The highest BCUT2D eigenvalue weighted by molar-refractivity contribution is 5.77. The molecular formula is C20H27N5O2. The lowest BCUT2D eigenvalue weighted by Crippen LogP contribution is -2.31. The fraction of sp³-hybridized carbons (Fsp3) is 0.500. The van der Waals surface area contributed by atoms with Gasteiger partial charge in [-0.15, -0.1) is 0 Å². The molecule has 2 aromatic heterocycles. The van der Waals surface area contributed by atoms with Crippen LogP contribution in [0.5, 0.6) is 0 Å². The number of aromatic nitrogens is 3. The van der Waals surface area contributed by atoms with Gasteiger partial charge in [-0.25, -0.2) is 9.97 Å². The minimum atomic E-state index is 0.00923. The fourth-order valence-corrected chi connectivity index (χ4v) is 3.55. The number of methoxy groups -OCH3 is 1. The maximum Gasteiger partial charge on any atom is 0.227 e. The second-order valence-electron chi connectivity index (χ2n) is 7.01. The van der Waals surface area contributed by atoms with Crippen molar-refractivity contribution in [2.45, 2.75) is 46.1 Å². The normalized spacial score (nSPS) is 16.6. The number of hydrogen-bond donors (Lipinski definition) is 1. The van der Waals surface area contributed by atoms with Crippen LogP contribution in [0, 0.1) is 20.8 Å². The molecule has 7 heteroatoms. The van der Waals surface area contributed by atoms with Crippen LogP contribution < -0.4 is 5.32 Å². The Kier molecular flexibility index (Phi) is 6.01. The summed E-state index contributed by atoms with van der Waals surface area (Å²) >= 11 is 0. The van der Waals surface area contributed by atoms with E-state index in [0.717, 1.165) is 47.8 Å². The van der Waals surface area contributed by atoms with Crippen molar-refractivity contribution in [3.8, 4) is 0 Å². The van der Waals surface area contributed by atoms with E-state index < -0.39 is 0 Å². The SMILES string of the molecule is COCCC(=O)N1CCC[C@H]1c1cc(Nc2nc(C)cc(C)n2)cc(C)n1. The van der Waals surface area contributed by atoms with Crippen molar-refractivity contribution in [1.29, 1.82) is 0 Å². The van der Waals surface area contributed by atoms with E-state index in [4.69, 9.17) is 9.72 Å². The summed E-state index contributed by atoms with van der Waals surface area (Å²) in [6, 6.07) is 5.92. The van der Waals surface area contributed by atoms with Gasteiger partial charge in [-0.2, -0.15) is 0 Å². The summed E-state index contributed by atoms with van der Waals surface area (Å²) in [6.45, 7) is 7.07. The molecule has 3 rings (SSSR count). The van der Waals surface area contributed by atoms with E-state index >= 15 is 0 Å². The summed E-state index contributed by atoms with van der Waals surface area (Å²) in [5.74, 6) is 0.693. The number of amides is 1. The summed E-state index contributed by atoms with van der Waals surface area (Å²) in [5.41, 5.74) is 4.53. The van der Waals surface area contributed by atoms with Gasteiger partial charge in [-0.1, -0.05) is 0 Å². The Morgan fingerprint density at radius 2 is 1.85 bits per heavy atom. The number of hydrogen-bond acceptors (Lipinski definition) is 6. The molecule has 0 bridgehead atoms. The molecule has 0 spiro atoms. The first-order valence-electron chi connectivity index (χ1n) is 9.32. The predicted molar refractivity (Wildman–Crippen MR) is 104 cm³/mol. The molecule has 7 nitrogen and oxygen atoms in total. The number of aryl methyl sites for hydroxylation is 3. The zero-order chi connectivity index (χ0) is 19.4. The number of anilines is 2. The summed E-state index contributed by atoms with van der Waals surface area (Å²) in [5, 5.41) is 3.28. The molecule has 2 aromatic rings. The van der Waals surface area contributed by atoms with E-state index in [-0.39, 0.29) is 11.9 Å². The quantitative estimate of drug-likeness (QED) is 0.842. The maximum absolute atomic E-state index is 12.5. The molecule has 1 amide bonds. The van der Waals surface area contributed by atoms with Crippen LogP contribution in [-0.2, 0) is 9.53 Å². The summed E-state index contributed by atoms with van der Waals surface area (Å²) < 4.78 is 5.05. The van der Waals surface area contributed by atoms with Crippen LogP contribution >= 0.6 is 0 Å². The molecule has 1 aliphatic heterocycles. The Hall–Kier alpha value is -2.54. The largest absolute Gasteiger partial charge is 0.384 e. The standard InChI is InChI=1S/C20H27N5O2/c1-13-10-14(2)23-20(22-13)24-16-11-15(3)21-17(12-16)18-6-5-8-25(18)19(26)7-9-27-4/h10-12,18H,5-9H2,1-4H3,(H,21,22,23,24)/t18-/m0/s1. The average Bonchev–Trinajstić information content (AvgIpc) is 3.08. The first kappa shape index (κ1) is 19.2. The lowest BCUT2D eigenvalue weighted by molar-refractivity contribution is -0.133. The molecule has 0 aromatic carbocycles. The molecule has 27 heavy (non-hydrogen) atoms. The number of ether oxygens (including phenoxy) is 1. The van der Waals surface area contributed by atoms with E-state index in [2.05, 4.69) is 15.3 Å². The van der Waals surface area contributed by atoms with Crippen molar-refractivity contribution >= 4 is 17.5 Å². The molecule has 0 radical (unpaired) electrons.